The van der Waals surface area contributed by atoms with Crippen molar-refractivity contribution in [3.05, 3.63) is 29.8 Å². The molecule has 0 spiro atoms. The summed E-state index contributed by atoms with van der Waals surface area (Å²) in [5, 5.41) is 12.3. The zero-order valence-electron chi connectivity index (χ0n) is 10.2. The molecule has 1 aromatic carbocycles. The minimum Gasteiger partial charge on any atom is -0.395 e. The van der Waals surface area contributed by atoms with Gasteiger partial charge >= 0.3 is 6.03 Å². The predicted octanol–water partition coefficient (Wildman–Crippen LogP) is 1.49. The molecule has 1 aliphatic rings. The van der Waals surface area contributed by atoms with Gasteiger partial charge in [-0.3, -0.25) is 4.90 Å². The van der Waals surface area contributed by atoms with Crippen LogP contribution in [-0.4, -0.2) is 30.8 Å². The molecule has 2 amide bonds. The summed E-state index contributed by atoms with van der Waals surface area (Å²) in [6, 6.07) is 7.68. The number of nitrogens with one attached hydrogen (secondary N) is 1. The molecule has 4 nitrogen and oxygen atoms in total. The molecule has 2 rings (SSSR count). The Balaban J connectivity index is 2.44. The minimum atomic E-state index is -0.348. The zero-order valence-corrected chi connectivity index (χ0v) is 10.2. The maximum absolute atomic E-state index is 11.7. The molecule has 1 aromatic rings. The van der Waals surface area contributed by atoms with E-state index in [-0.39, 0.29) is 18.1 Å². The second-order valence-electron chi connectivity index (χ2n) is 4.94. The van der Waals surface area contributed by atoms with Crippen molar-refractivity contribution in [3.63, 3.8) is 0 Å². The largest absolute Gasteiger partial charge is 0.395 e. The third-order valence-electron chi connectivity index (χ3n) is 3.18. The van der Waals surface area contributed by atoms with Gasteiger partial charge in [0.05, 0.1) is 6.61 Å². The van der Waals surface area contributed by atoms with Gasteiger partial charge in [-0.25, -0.2) is 4.79 Å². The van der Waals surface area contributed by atoms with Crippen molar-refractivity contribution in [2.45, 2.75) is 19.3 Å². The Labute approximate surface area is 101 Å². The van der Waals surface area contributed by atoms with Crippen molar-refractivity contribution < 1.29 is 9.90 Å². The highest BCUT2D eigenvalue weighted by Gasteiger charge is 2.29. The Morgan fingerprint density at radius 3 is 2.71 bits per heavy atom. The Morgan fingerprint density at radius 2 is 2.12 bits per heavy atom. The van der Waals surface area contributed by atoms with Gasteiger partial charge in [0.1, 0.15) is 0 Å². The van der Waals surface area contributed by atoms with Gasteiger partial charge in [-0.1, -0.05) is 32.0 Å². The lowest BCUT2D eigenvalue weighted by Gasteiger charge is -2.28. The van der Waals surface area contributed by atoms with Crippen molar-refractivity contribution in [3.8, 4) is 0 Å². The van der Waals surface area contributed by atoms with Crippen LogP contribution in [0.1, 0.15) is 19.4 Å². The molecule has 0 unspecified atom stereocenters. The second-order valence-corrected chi connectivity index (χ2v) is 4.94. The van der Waals surface area contributed by atoms with Crippen LogP contribution in [0.4, 0.5) is 10.5 Å². The Morgan fingerprint density at radius 1 is 1.41 bits per heavy atom. The number of hydrogen-bond donors (Lipinski definition) is 2. The van der Waals surface area contributed by atoms with E-state index in [1.165, 1.54) is 0 Å². The number of rotatable bonds is 3. The Hall–Kier alpha value is -1.55. The maximum atomic E-state index is 11.7. The molecule has 2 N–H and O–H groups in total. The third kappa shape index (κ3) is 2.13. The van der Waals surface area contributed by atoms with E-state index in [0.29, 0.717) is 13.1 Å². The van der Waals surface area contributed by atoms with Crippen molar-refractivity contribution >= 4 is 11.7 Å². The number of anilines is 1. The second kappa shape index (κ2) is 4.37. The monoisotopic (exact) mass is 234 g/mol. The molecule has 4 heteroatoms. The van der Waals surface area contributed by atoms with E-state index in [2.05, 4.69) is 5.32 Å². The van der Waals surface area contributed by atoms with Crippen LogP contribution in [0.25, 0.3) is 0 Å². The van der Waals surface area contributed by atoms with E-state index in [9.17, 15) is 9.90 Å². The number of hydrogen-bond acceptors (Lipinski definition) is 2. The number of aliphatic hydroxyl groups excluding tert-OH is 1. The smallest absolute Gasteiger partial charge is 0.322 e. The van der Waals surface area contributed by atoms with Gasteiger partial charge < -0.3 is 10.4 Å². The van der Waals surface area contributed by atoms with Crippen molar-refractivity contribution in [1.29, 1.82) is 0 Å². The highest BCUT2D eigenvalue weighted by Crippen LogP contribution is 2.32. The third-order valence-corrected chi connectivity index (χ3v) is 3.18. The number of para-hydroxylation sites is 1. The van der Waals surface area contributed by atoms with Crippen LogP contribution in [0.5, 0.6) is 0 Å². The van der Waals surface area contributed by atoms with Crippen LogP contribution in [-0.2, 0) is 5.41 Å². The lowest BCUT2D eigenvalue weighted by atomic mass is 9.84. The van der Waals surface area contributed by atoms with Gasteiger partial charge in [0.25, 0.3) is 0 Å². The highest BCUT2D eigenvalue weighted by molar-refractivity contribution is 5.95. The average molecular weight is 234 g/mol. The first-order chi connectivity index (χ1) is 8.06. The first-order valence-electron chi connectivity index (χ1n) is 5.82. The van der Waals surface area contributed by atoms with Gasteiger partial charge in [0.2, 0.25) is 0 Å². The molecule has 0 radical (unpaired) electrons. The average Bonchev–Trinajstić information content (AvgIpc) is 2.75. The molecule has 17 heavy (non-hydrogen) atoms. The van der Waals surface area contributed by atoms with E-state index in [1.54, 1.807) is 4.90 Å². The fraction of sp³-hybridized carbons (Fsp3) is 0.462. The molecule has 1 heterocycles. The topological polar surface area (TPSA) is 52.6 Å². The zero-order chi connectivity index (χ0) is 12.5. The van der Waals surface area contributed by atoms with Crippen LogP contribution < -0.4 is 10.2 Å². The molecule has 1 aliphatic heterocycles. The minimum absolute atomic E-state index is 0.0550. The summed E-state index contributed by atoms with van der Waals surface area (Å²) in [5.41, 5.74) is 1.54. The van der Waals surface area contributed by atoms with E-state index < -0.39 is 0 Å². The van der Waals surface area contributed by atoms with Gasteiger partial charge in [0, 0.05) is 24.2 Å². The van der Waals surface area contributed by atoms with Crippen molar-refractivity contribution in [2.24, 2.45) is 0 Å². The number of benzene rings is 1. The Kier molecular flexibility index (Phi) is 3.07. The fourth-order valence-corrected chi connectivity index (χ4v) is 2.07. The van der Waals surface area contributed by atoms with Gasteiger partial charge in [-0.05, 0) is 11.6 Å². The van der Waals surface area contributed by atoms with Gasteiger partial charge in [0.15, 0.2) is 0 Å². The standard InChI is InChI=1S/C13H18N2O2/c1-13(2,9-16)10-5-3-4-6-11(10)15-8-7-14-12(15)17/h3-6,16H,7-9H2,1-2H3,(H,14,17). The lowest BCUT2D eigenvalue weighted by molar-refractivity contribution is 0.218. The van der Waals surface area contributed by atoms with E-state index in [4.69, 9.17) is 0 Å². The summed E-state index contributed by atoms with van der Waals surface area (Å²) < 4.78 is 0. The molecule has 0 bridgehead atoms. The van der Waals surface area contributed by atoms with Gasteiger partial charge in [-0.15, -0.1) is 0 Å². The summed E-state index contributed by atoms with van der Waals surface area (Å²) in [4.78, 5) is 13.4. The van der Waals surface area contributed by atoms with Gasteiger partial charge in [-0.2, -0.15) is 0 Å². The molecule has 0 saturated carbocycles. The number of carbonyl (C=O) groups excluding carboxylic acids is 1. The van der Waals surface area contributed by atoms with Crippen molar-refractivity contribution in [2.75, 3.05) is 24.6 Å². The SMILES string of the molecule is CC(C)(CO)c1ccccc1N1CCNC1=O. The fourth-order valence-electron chi connectivity index (χ4n) is 2.07. The number of carbonyl (C=O) groups is 1. The van der Waals surface area contributed by atoms with E-state index >= 15 is 0 Å². The quantitative estimate of drug-likeness (QED) is 0.832. The van der Waals surface area contributed by atoms with Crippen LogP contribution in [0.3, 0.4) is 0 Å². The summed E-state index contributed by atoms with van der Waals surface area (Å²) in [7, 11) is 0. The van der Waals surface area contributed by atoms with Crippen LogP contribution >= 0.6 is 0 Å². The Bertz CT molecular complexity index is 429. The first kappa shape index (κ1) is 11.9. The molecule has 1 saturated heterocycles. The highest BCUT2D eigenvalue weighted by atomic mass is 16.3. The van der Waals surface area contributed by atoms with Crippen LogP contribution in [0.15, 0.2) is 24.3 Å². The number of aliphatic hydroxyl groups is 1. The summed E-state index contributed by atoms with van der Waals surface area (Å²) in [6.45, 7) is 5.35. The molecule has 0 aromatic heterocycles. The molecule has 0 aliphatic carbocycles. The summed E-state index contributed by atoms with van der Waals surface area (Å²) in [5.74, 6) is 0. The summed E-state index contributed by atoms with van der Waals surface area (Å²) in [6.07, 6.45) is 0. The molecule has 1 fully saturated rings. The molecule has 0 atom stereocenters. The van der Waals surface area contributed by atoms with Crippen LogP contribution in [0.2, 0.25) is 0 Å². The predicted molar refractivity (Wildman–Crippen MR) is 67.3 cm³/mol. The molecular formula is C13H18N2O2. The number of amides is 2. The number of nitrogens with zero attached hydrogens (tertiary/aromatic N) is 1. The lowest BCUT2D eigenvalue weighted by Crippen LogP contribution is -2.32. The molecule has 92 valence electrons. The normalized spacial score (nSPS) is 16.2. The van der Waals surface area contributed by atoms with Crippen LogP contribution in [0, 0.1) is 0 Å². The van der Waals surface area contributed by atoms with E-state index in [0.717, 1.165) is 11.3 Å². The summed E-state index contributed by atoms with van der Waals surface area (Å²) >= 11 is 0. The van der Waals surface area contributed by atoms with E-state index in [1.807, 2.05) is 38.1 Å². The maximum Gasteiger partial charge on any atom is 0.322 e. The number of urea groups is 1. The molecular weight excluding hydrogens is 216 g/mol. The first-order valence-corrected chi connectivity index (χ1v) is 5.82. The van der Waals surface area contributed by atoms with Crippen molar-refractivity contribution in [1.82, 2.24) is 5.32 Å².